The highest BCUT2D eigenvalue weighted by atomic mass is 16.5. The Kier molecular flexibility index (Phi) is 5.17. The summed E-state index contributed by atoms with van der Waals surface area (Å²) in [6.45, 7) is 7.00. The van der Waals surface area contributed by atoms with Crippen LogP contribution < -0.4 is 0 Å². The van der Waals surface area contributed by atoms with Crippen LogP contribution in [-0.2, 0) is 11.3 Å². The lowest BCUT2D eigenvalue weighted by Crippen LogP contribution is -2.38. The Morgan fingerprint density at radius 1 is 1.25 bits per heavy atom. The summed E-state index contributed by atoms with van der Waals surface area (Å²) in [6.07, 6.45) is 5.00. The topological polar surface area (TPSA) is 49.6 Å². The monoisotopic (exact) mass is 279 g/mol. The highest BCUT2D eigenvalue weighted by Gasteiger charge is 2.18. The summed E-state index contributed by atoms with van der Waals surface area (Å²) in [5.74, 6) is 0.976. The first-order valence-corrected chi connectivity index (χ1v) is 7.46. The Hall–Kier alpha value is -1.36. The van der Waals surface area contributed by atoms with E-state index in [1.54, 1.807) is 4.90 Å². The van der Waals surface area contributed by atoms with Gasteiger partial charge in [-0.15, -0.1) is 0 Å². The summed E-state index contributed by atoms with van der Waals surface area (Å²) in [6, 6.07) is 0. The molecule has 5 heteroatoms. The lowest BCUT2D eigenvalue weighted by Gasteiger charge is -2.23. The van der Waals surface area contributed by atoms with E-state index >= 15 is 0 Å². The second-order valence-electron chi connectivity index (χ2n) is 5.74. The third kappa shape index (κ3) is 3.82. The van der Waals surface area contributed by atoms with Gasteiger partial charge in [0.2, 0.25) is 5.91 Å². The summed E-state index contributed by atoms with van der Waals surface area (Å²) in [7, 11) is 1.85. The van der Waals surface area contributed by atoms with Crippen LogP contribution >= 0.6 is 0 Å². The van der Waals surface area contributed by atoms with Gasteiger partial charge in [-0.1, -0.05) is 18.0 Å². The predicted molar refractivity (Wildman–Crippen MR) is 77.4 cm³/mol. The van der Waals surface area contributed by atoms with Crippen LogP contribution in [0.4, 0.5) is 0 Å². The van der Waals surface area contributed by atoms with Crippen LogP contribution in [0.15, 0.2) is 4.52 Å². The smallest absolute Gasteiger partial charge is 0.236 e. The molecule has 5 nitrogen and oxygen atoms in total. The summed E-state index contributed by atoms with van der Waals surface area (Å²) in [4.78, 5) is 16.4. The summed E-state index contributed by atoms with van der Waals surface area (Å²) >= 11 is 0. The normalized spacial score (nSPS) is 16.9. The molecule has 2 heterocycles. The van der Waals surface area contributed by atoms with Gasteiger partial charge in [0.15, 0.2) is 0 Å². The maximum absolute atomic E-state index is 12.3. The molecule has 1 aliphatic heterocycles. The maximum atomic E-state index is 12.3. The molecule has 1 fully saturated rings. The molecule has 0 saturated carbocycles. The van der Waals surface area contributed by atoms with Gasteiger partial charge < -0.3 is 9.42 Å². The lowest BCUT2D eigenvalue weighted by atomic mass is 10.2. The number of hydrogen-bond acceptors (Lipinski definition) is 4. The van der Waals surface area contributed by atoms with E-state index in [9.17, 15) is 4.79 Å². The molecule has 0 atom stereocenters. The number of likely N-dealkylation sites (N-methyl/N-ethyl adjacent to an activating group) is 1. The number of likely N-dealkylation sites (tertiary alicyclic amines) is 1. The van der Waals surface area contributed by atoms with E-state index < -0.39 is 0 Å². The number of carbonyl (C=O) groups excluding carboxylic acids is 1. The van der Waals surface area contributed by atoms with Crippen molar-refractivity contribution in [1.82, 2.24) is 15.0 Å². The predicted octanol–water partition coefficient (Wildman–Crippen LogP) is 2.13. The SMILES string of the molecule is Cc1noc(C)c1CN(C)C(=O)CN1CCCCCC1. The van der Waals surface area contributed by atoms with E-state index in [0.717, 1.165) is 30.1 Å². The molecular formula is C15H25N3O2. The molecule has 1 aromatic rings. The number of rotatable bonds is 4. The minimum Gasteiger partial charge on any atom is -0.361 e. The fourth-order valence-electron chi connectivity index (χ4n) is 2.66. The van der Waals surface area contributed by atoms with E-state index in [0.29, 0.717) is 13.1 Å². The van der Waals surface area contributed by atoms with Gasteiger partial charge >= 0.3 is 0 Å². The molecule has 0 bridgehead atoms. The van der Waals surface area contributed by atoms with Gasteiger partial charge in [-0.2, -0.15) is 0 Å². The lowest BCUT2D eigenvalue weighted by molar-refractivity contribution is -0.131. The molecule has 0 N–H and O–H groups in total. The van der Waals surface area contributed by atoms with Crippen molar-refractivity contribution in [3.8, 4) is 0 Å². The van der Waals surface area contributed by atoms with E-state index in [2.05, 4.69) is 10.1 Å². The number of amides is 1. The van der Waals surface area contributed by atoms with Gasteiger partial charge in [-0.3, -0.25) is 9.69 Å². The molecule has 0 spiro atoms. The van der Waals surface area contributed by atoms with Gasteiger partial charge in [0.25, 0.3) is 0 Å². The Morgan fingerprint density at radius 2 is 1.90 bits per heavy atom. The van der Waals surface area contributed by atoms with Crippen molar-refractivity contribution < 1.29 is 9.32 Å². The molecule has 112 valence electrons. The first-order valence-electron chi connectivity index (χ1n) is 7.46. The standard InChI is InChI=1S/C15H25N3O2/c1-12-14(13(2)20-16-12)10-17(3)15(19)11-18-8-6-4-5-7-9-18/h4-11H2,1-3H3. The average molecular weight is 279 g/mol. The van der Waals surface area contributed by atoms with Gasteiger partial charge in [-0.25, -0.2) is 0 Å². The van der Waals surface area contributed by atoms with Crippen LogP contribution in [0.2, 0.25) is 0 Å². The summed E-state index contributed by atoms with van der Waals surface area (Å²) in [5, 5.41) is 3.93. The Bertz CT molecular complexity index is 428. The zero-order valence-corrected chi connectivity index (χ0v) is 12.8. The van der Waals surface area contributed by atoms with Crippen LogP contribution in [0, 0.1) is 13.8 Å². The summed E-state index contributed by atoms with van der Waals surface area (Å²) in [5.41, 5.74) is 1.90. The van der Waals surface area contributed by atoms with E-state index in [4.69, 9.17) is 4.52 Å². The second-order valence-corrected chi connectivity index (χ2v) is 5.74. The zero-order chi connectivity index (χ0) is 14.5. The van der Waals surface area contributed by atoms with E-state index in [1.807, 2.05) is 20.9 Å². The third-order valence-corrected chi connectivity index (χ3v) is 4.06. The van der Waals surface area contributed by atoms with Gasteiger partial charge in [0.1, 0.15) is 5.76 Å². The molecule has 2 rings (SSSR count). The number of aryl methyl sites for hydroxylation is 2. The van der Waals surface area contributed by atoms with Crippen LogP contribution in [-0.4, -0.2) is 47.5 Å². The van der Waals surface area contributed by atoms with Crippen molar-refractivity contribution in [3.63, 3.8) is 0 Å². The molecule has 0 aliphatic carbocycles. The molecular weight excluding hydrogens is 254 g/mol. The summed E-state index contributed by atoms with van der Waals surface area (Å²) < 4.78 is 5.14. The molecule has 1 saturated heterocycles. The van der Waals surface area contributed by atoms with Gasteiger partial charge in [-0.05, 0) is 39.8 Å². The number of hydrogen-bond donors (Lipinski definition) is 0. The van der Waals surface area contributed by atoms with Gasteiger partial charge in [0, 0.05) is 12.6 Å². The third-order valence-electron chi connectivity index (χ3n) is 4.06. The van der Waals surface area contributed by atoms with Crippen LogP contribution in [0.25, 0.3) is 0 Å². The first-order chi connectivity index (χ1) is 9.58. The molecule has 1 aromatic heterocycles. The van der Waals surface area contributed by atoms with E-state index in [1.165, 1.54) is 25.7 Å². The number of aromatic nitrogens is 1. The van der Waals surface area contributed by atoms with Crippen LogP contribution in [0.1, 0.15) is 42.7 Å². The van der Waals surface area contributed by atoms with Crippen molar-refractivity contribution in [2.75, 3.05) is 26.7 Å². The van der Waals surface area contributed by atoms with Crippen LogP contribution in [0.3, 0.4) is 0 Å². The largest absolute Gasteiger partial charge is 0.361 e. The molecule has 0 radical (unpaired) electrons. The van der Waals surface area contributed by atoms with Crippen molar-refractivity contribution in [1.29, 1.82) is 0 Å². The van der Waals surface area contributed by atoms with E-state index in [-0.39, 0.29) is 5.91 Å². The van der Waals surface area contributed by atoms with Crippen LogP contribution in [0.5, 0.6) is 0 Å². The highest BCUT2D eigenvalue weighted by molar-refractivity contribution is 5.78. The number of nitrogens with zero attached hydrogens (tertiary/aromatic N) is 3. The quantitative estimate of drug-likeness (QED) is 0.847. The molecule has 0 aromatic carbocycles. The van der Waals surface area contributed by atoms with Crippen molar-refractivity contribution in [3.05, 3.63) is 17.0 Å². The Labute approximate surface area is 120 Å². The number of carbonyl (C=O) groups is 1. The zero-order valence-electron chi connectivity index (χ0n) is 12.8. The minimum absolute atomic E-state index is 0.173. The fourth-order valence-corrected chi connectivity index (χ4v) is 2.66. The molecule has 1 aliphatic rings. The fraction of sp³-hybridized carbons (Fsp3) is 0.733. The second kappa shape index (κ2) is 6.88. The Balaban J connectivity index is 1.88. The van der Waals surface area contributed by atoms with Crippen molar-refractivity contribution in [2.24, 2.45) is 0 Å². The molecule has 1 amide bonds. The molecule has 20 heavy (non-hydrogen) atoms. The maximum Gasteiger partial charge on any atom is 0.236 e. The molecule has 0 unspecified atom stereocenters. The van der Waals surface area contributed by atoms with Crippen molar-refractivity contribution in [2.45, 2.75) is 46.1 Å². The van der Waals surface area contributed by atoms with Gasteiger partial charge in [0.05, 0.1) is 18.8 Å². The highest BCUT2D eigenvalue weighted by Crippen LogP contribution is 2.15. The average Bonchev–Trinajstić information content (AvgIpc) is 2.64. The first kappa shape index (κ1) is 15.0. The Morgan fingerprint density at radius 3 is 2.45 bits per heavy atom. The van der Waals surface area contributed by atoms with Crippen molar-refractivity contribution >= 4 is 5.91 Å². The minimum atomic E-state index is 0.173.